The number of nitrogens with two attached hydrogens (primary N) is 2. The van der Waals surface area contributed by atoms with Crippen LogP contribution in [0.25, 0.3) is 0 Å². The van der Waals surface area contributed by atoms with Crippen molar-refractivity contribution in [3.05, 3.63) is 0 Å². The molecule has 0 saturated heterocycles. The summed E-state index contributed by atoms with van der Waals surface area (Å²) >= 11 is 0. The first kappa shape index (κ1) is 13.4. The summed E-state index contributed by atoms with van der Waals surface area (Å²) in [6.07, 6.45) is 8.42. The van der Waals surface area contributed by atoms with Gasteiger partial charge in [0, 0.05) is 6.42 Å². The zero-order chi connectivity index (χ0) is 10.6. The van der Waals surface area contributed by atoms with E-state index in [9.17, 15) is 4.79 Å². The molecule has 0 unspecified atom stereocenters. The molecular formula is C10H22N2O2. The summed E-state index contributed by atoms with van der Waals surface area (Å²) in [6.45, 7) is 0.794. The SMILES string of the molecule is NCCCCCCCCCC(=O)ON. The molecule has 4 nitrogen and oxygen atoms in total. The van der Waals surface area contributed by atoms with Crippen molar-refractivity contribution < 1.29 is 9.63 Å². The lowest BCUT2D eigenvalue weighted by Crippen LogP contribution is -2.08. The second-order valence-corrected chi connectivity index (χ2v) is 3.50. The van der Waals surface area contributed by atoms with Gasteiger partial charge in [0.15, 0.2) is 0 Å². The molecule has 0 aliphatic rings. The number of hydrogen-bond donors (Lipinski definition) is 2. The molecule has 0 aromatic carbocycles. The summed E-state index contributed by atoms with van der Waals surface area (Å²) in [5.74, 6) is 4.39. The third-order valence-electron chi connectivity index (χ3n) is 2.22. The van der Waals surface area contributed by atoms with Crippen LogP contribution in [0.15, 0.2) is 0 Å². The van der Waals surface area contributed by atoms with Crippen molar-refractivity contribution in [2.75, 3.05) is 6.54 Å². The van der Waals surface area contributed by atoms with Crippen LogP contribution >= 0.6 is 0 Å². The van der Waals surface area contributed by atoms with E-state index in [0.29, 0.717) is 6.42 Å². The van der Waals surface area contributed by atoms with Crippen LogP contribution in [0.4, 0.5) is 0 Å². The fraction of sp³-hybridized carbons (Fsp3) is 0.900. The molecule has 0 aromatic rings. The van der Waals surface area contributed by atoms with Crippen LogP contribution < -0.4 is 11.6 Å². The molecule has 0 radical (unpaired) electrons. The third kappa shape index (κ3) is 9.48. The average Bonchev–Trinajstić information content (AvgIpc) is 2.21. The second-order valence-electron chi connectivity index (χ2n) is 3.50. The molecule has 0 saturated carbocycles. The molecule has 14 heavy (non-hydrogen) atoms. The van der Waals surface area contributed by atoms with E-state index < -0.39 is 0 Å². The van der Waals surface area contributed by atoms with Gasteiger partial charge in [-0.1, -0.05) is 32.1 Å². The van der Waals surface area contributed by atoms with E-state index in [1.54, 1.807) is 0 Å². The highest BCUT2D eigenvalue weighted by Gasteiger charge is 1.99. The molecule has 0 amide bonds. The van der Waals surface area contributed by atoms with E-state index in [1.165, 1.54) is 25.7 Å². The minimum absolute atomic E-state index is 0.312. The monoisotopic (exact) mass is 202 g/mol. The fourth-order valence-corrected chi connectivity index (χ4v) is 1.36. The lowest BCUT2D eigenvalue weighted by molar-refractivity contribution is -0.144. The Bertz CT molecular complexity index is 140. The molecular weight excluding hydrogens is 180 g/mol. The van der Waals surface area contributed by atoms with Gasteiger partial charge in [-0.15, -0.1) is 0 Å². The Hall–Kier alpha value is -0.610. The maximum atomic E-state index is 10.6. The van der Waals surface area contributed by atoms with Crippen LogP contribution in [0.2, 0.25) is 0 Å². The fourth-order valence-electron chi connectivity index (χ4n) is 1.36. The van der Waals surface area contributed by atoms with E-state index >= 15 is 0 Å². The van der Waals surface area contributed by atoms with Crippen molar-refractivity contribution in [1.29, 1.82) is 0 Å². The smallest absolute Gasteiger partial charge is 0.324 e. The minimum Gasteiger partial charge on any atom is -0.373 e. The molecule has 0 heterocycles. The number of carbonyl (C=O) groups excluding carboxylic acids is 1. The van der Waals surface area contributed by atoms with Crippen LogP contribution in [-0.2, 0) is 9.63 Å². The van der Waals surface area contributed by atoms with E-state index in [2.05, 4.69) is 4.84 Å². The standard InChI is InChI=1S/C10H22N2O2/c11-9-7-5-3-1-2-4-6-8-10(13)14-12/h1-9,11-12H2. The van der Waals surface area contributed by atoms with Gasteiger partial charge in [0.05, 0.1) is 0 Å². The van der Waals surface area contributed by atoms with Gasteiger partial charge in [-0.05, 0) is 19.4 Å². The molecule has 0 bridgehead atoms. The summed E-state index contributed by atoms with van der Waals surface area (Å²) in [4.78, 5) is 14.7. The maximum absolute atomic E-state index is 10.6. The van der Waals surface area contributed by atoms with Gasteiger partial charge >= 0.3 is 5.97 Å². The van der Waals surface area contributed by atoms with Crippen molar-refractivity contribution in [2.45, 2.75) is 51.4 Å². The van der Waals surface area contributed by atoms with Crippen LogP contribution in [-0.4, -0.2) is 12.5 Å². The molecule has 4 heteroatoms. The van der Waals surface area contributed by atoms with Crippen molar-refractivity contribution in [3.63, 3.8) is 0 Å². The Kier molecular flexibility index (Phi) is 10.0. The molecule has 0 aromatic heterocycles. The quantitative estimate of drug-likeness (QED) is 0.438. The van der Waals surface area contributed by atoms with Crippen LogP contribution in [0, 0.1) is 0 Å². The first-order chi connectivity index (χ1) is 6.81. The summed E-state index contributed by atoms with van der Waals surface area (Å²) < 4.78 is 0. The second kappa shape index (κ2) is 10.5. The third-order valence-corrected chi connectivity index (χ3v) is 2.22. The average molecular weight is 202 g/mol. The molecule has 0 aliphatic heterocycles. The van der Waals surface area contributed by atoms with Gasteiger partial charge in [0.1, 0.15) is 0 Å². The van der Waals surface area contributed by atoms with Crippen LogP contribution in [0.3, 0.4) is 0 Å². The number of carbonyl (C=O) groups is 1. The lowest BCUT2D eigenvalue weighted by atomic mass is 10.1. The highest BCUT2D eigenvalue weighted by atomic mass is 16.7. The molecule has 0 rings (SSSR count). The van der Waals surface area contributed by atoms with Crippen molar-refractivity contribution >= 4 is 5.97 Å². The van der Waals surface area contributed by atoms with Gasteiger partial charge in [-0.2, -0.15) is 5.90 Å². The van der Waals surface area contributed by atoms with Crippen molar-refractivity contribution in [1.82, 2.24) is 0 Å². The maximum Gasteiger partial charge on any atom is 0.324 e. The number of hydrogen-bond acceptors (Lipinski definition) is 4. The Morgan fingerprint density at radius 2 is 1.43 bits per heavy atom. The lowest BCUT2D eigenvalue weighted by Gasteiger charge is -2.00. The van der Waals surface area contributed by atoms with Crippen molar-refractivity contribution in [2.24, 2.45) is 11.6 Å². The topological polar surface area (TPSA) is 78.3 Å². The highest BCUT2D eigenvalue weighted by Crippen LogP contribution is 2.08. The summed E-state index contributed by atoms with van der Waals surface area (Å²) in [5, 5.41) is 0. The molecule has 0 fully saturated rings. The van der Waals surface area contributed by atoms with Crippen molar-refractivity contribution in [3.8, 4) is 0 Å². The zero-order valence-corrected chi connectivity index (χ0v) is 8.84. The summed E-state index contributed by atoms with van der Waals surface area (Å²) in [5.41, 5.74) is 5.38. The highest BCUT2D eigenvalue weighted by molar-refractivity contribution is 5.68. The van der Waals surface area contributed by atoms with E-state index in [0.717, 1.165) is 25.8 Å². The van der Waals surface area contributed by atoms with E-state index in [4.69, 9.17) is 11.6 Å². The predicted molar refractivity (Wildman–Crippen MR) is 56.3 cm³/mol. The van der Waals surface area contributed by atoms with Gasteiger partial charge in [0.25, 0.3) is 0 Å². The van der Waals surface area contributed by atoms with Gasteiger partial charge in [0.2, 0.25) is 0 Å². The summed E-state index contributed by atoms with van der Waals surface area (Å²) in [7, 11) is 0. The molecule has 0 spiro atoms. The van der Waals surface area contributed by atoms with E-state index in [1.807, 2.05) is 0 Å². The van der Waals surface area contributed by atoms with Gasteiger partial charge in [-0.3, -0.25) is 4.79 Å². The minimum atomic E-state index is -0.312. The van der Waals surface area contributed by atoms with Crippen LogP contribution in [0.5, 0.6) is 0 Å². The Labute approximate surface area is 85.9 Å². The molecule has 0 atom stereocenters. The van der Waals surface area contributed by atoms with Crippen LogP contribution in [0.1, 0.15) is 51.4 Å². The first-order valence-electron chi connectivity index (χ1n) is 5.41. The zero-order valence-electron chi connectivity index (χ0n) is 8.84. The Morgan fingerprint density at radius 3 is 1.93 bits per heavy atom. The summed E-state index contributed by atoms with van der Waals surface area (Å²) in [6, 6.07) is 0. The first-order valence-corrected chi connectivity index (χ1v) is 5.41. The largest absolute Gasteiger partial charge is 0.373 e. The van der Waals surface area contributed by atoms with Gasteiger partial charge < -0.3 is 10.6 Å². The number of rotatable bonds is 9. The predicted octanol–water partition coefficient (Wildman–Crippen LogP) is 1.48. The Balaban J connectivity index is 2.95. The number of unbranched alkanes of at least 4 members (excludes halogenated alkanes) is 6. The Morgan fingerprint density at radius 1 is 0.929 bits per heavy atom. The normalized spacial score (nSPS) is 10.1. The van der Waals surface area contributed by atoms with E-state index in [-0.39, 0.29) is 5.97 Å². The molecule has 4 N–H and O–H groups in total. The van der Waals surface area contributed by atoms with Gasteiger partial charge in [-0.25, -0.2) is 0 Å². The molecule has 84 valence electrons. The molecule has 0 aliphatic carbocycles.